The van der Waals surface area contributed by atoms with Gasteiger partial charge < -0.3 is 14.8 Å². The van der Waals surface area contributed by atoms with Crippen LogP contribution >= 0.6 is 11.8 Å². The summed E-state index contributed by atoms with van der Waals surface area (Å²) in [6.07, 6.45) is 1.61. The van der Waals surface area contributed by atoms with Crippen LogP contribution in [0.25, 0.3) is 6.08 Å². The average molecular weight is 412 g/mol. The number of rotatable bonds is 7. The molecule has 150 valence electrons. The predicted molar refractivity (Wildman–Crippen MR) is 112 cm³/mol. The summed E-state index contributed by atoms with van der Waals surface area (Å²) >= 11 is 0.807. The van der Waals surface area contributed by atoms with E-state index in [1.54, 1.807) is 61.7 Å². The number of carbonyl (C=O) groups excluding carboxylic acids is 3. The largest absolute Gasteiger partial charge is 0.497 e. The van der Waals surface area contributed by atoms with Crippen molar-refractivity contribution in [3.8, 4) is 11.5 Å². The maximum Gasteiger partial charge on any atom is 0.294 e. The minimum Gasteiger partial charge on any atom is -0.497 e. The Morgan fingerprint density at radius 1 is 1.14 bits per heavy atom. The van der Waals surface area contributed by atoms with Crippen molar-refractivity contribution >= 4 is 40.6 Å². The summed E-state index contributed by atoms with van der Waals surface area (Å²) in [6, 6.07) is 14.0. The number of ether oxygens (including phenoxy) is 2. The average Bonchev–Trinajstić information content (AvgIpc) is 2.97. The molecule has 3 amide bonds. The lowest BCUT2D eigenvalue weighted by atomic mass is 10.2. The Bertz CT molecular complexity index is 956. The number of hydrogen-bond donors (Lipinski definition) is 1. The fourth-order valence-corrected chi connectivity index (χ4v) is 3.50. The maximum absolute atomic E-state index is 12.6. The van der Waals surface area contributed by atoms with E-state index in [9.17, 15) is 14.4 Å². The normalized spacial score (nSPS) is 15.0. The Hall–Kier alpha value is -3.26. The molecule has 0 bridgehead atoms. The van der Waals surface area contributed by atoms with Crippen LogP contribution < -0.4 is 14.8 Å². The lowest BCUT2D eigenvalue weighted by Crippen LogP contribution is -2.36. The SMILES string of the molecule is CCOc1ccc(NC(=O)CN2C(=O)S/C(=C/c3cccc(OC)c3)C2=O)cc1. The van der Waals surface area contributed by atoms with Crippen LogP contribution in [0.1, 0.15) is 12.5 Å². The van der Waals surface area contributed by atoms with Crippen LogP contribution in [0.2, 0.25) is 0 Å². The topological polar surface area (TPSA) is 84.9 Å². The molecule has 8 heteroatoms. The molecule has 1 aliphatic rings. The molecular weight excluding hydrogens is 392 g/mol. The summed E-state index contributed by atoms with van der Waals surface area (Å²) in [7, 11) is 1.55. The molecule has 1 N–H and O–H groups in total. The van der Waals surface area contributed by atoms with Gasteiger partial charge in [0.1, 0.15) is 18.0 Å². The third-order valence-corrected chi connectivity index (χ3v) is 4.92. The van der Waals surface area contributed by atoms with Crippen LogP contribution in [0.5, 0.6) is 11.5 Å². The third-order valence-electron chi connectivity index (χ3n) is 4.02. The Morgan fingerprint density at radius 2 is 1.90 bits per heavy atom. The highest BCUT2D eigenvalue weighted by Crippen LogP contribution is 2.32. The zero-order chi connectivity index (χ0) is 20.8. The molecular formula is C21H20N2O5S. The van der Waals surface area contributed by atoms with Crippen LogP contribution in [0.3, 0.4) is 0 Å². The number of methoxy groups -OCH3 is 1. The number of amides is 3. The fourth-order valence-electron chi connectivity index (χ4n) is 2.66. The molecule has 1 fully saturated rings. The summed E-state index contributed by atoms with van der Waals surface area (Å²) in [5.74, 6) is 0.385. The van der Waals surface area contributed by atoms with Crippen molar-refractivity contribution in [1.82, 2.24) is 4.90 Å². The fraction of sp³-hybridized carbons (Fsp3) is 0.190. The zero-order valence-electron chi connectivity index (χ0n) is 16.0. The van der Waals surface area contributed by atoms with Gasteiger partial charge in [0.25, 0.3) is 11.1 Å². The second-order valence-electron chi connectivity index (χ2n) is 6.05. The van der Waals surface area contributed by atoms with Gasteiger partial charge in [0, 0.05) is 5.69 Å². The molecule has 1 heterocycles. The van der Waals surface area contributed by atoms with E-state index in [2.05, 4.69) is 5.32 Å². The lowest BCUT2D eigenvalue weighted by molar-refractivity contribution is -0.127. The van der Waals surface area contributed by atoms with Crippen LogP contribution in [0, 0.1) is 0 Å². The van der Waals surface area contributed by atoms with E-state index in [-0.39, 0.29) is 11.4 Å². The molecule has 3 rings (SSSR count). The highest BCUT2D eigenvalue weighted by molar-refractivity contribution is 8.18. The molecule has 0 atom stereocenters. The third kappa shape index (κ3) is 5.17. The van der Waals surface area contributed by atoms with Gasteiger partial charge in [0.2, 0.25) is 5.91 Å². The van der Waals surface area contributed by atoms with Crippen molar-refractivity contribution < 1.29 is 23.9 Å². The maximum atomic E-state index is 12.6. The van der Waals surface area contributed by atoms with Crippen molar-refractivity contribution in [3.63, 3.8) is 0 Å². The van der Waals surface area contributed by atoms with E-state index >= 15 is 0 Å². The first-order chi connectivity index (χ1) is 14.0. The van der Waals surface area contributed by atoms with E-state index in [0.29, 0.717) is 23.8 Å². The second-order valence-corrected chi connectivity index (χ2v) is 7.04. The number of nitrogens with zero attached hydrogens (tertiary/aromatic N) is 1. The number of nitrogens with one attached hydrogen (secondary N) is 1. The van der Waals surface area contributed by atoms with Gasteiger partial charge in [-0.1, -0.05) is 12.1 Å². The van der Waals surface area contributed by atoms with Gasteiger partial charge in [-0.2, -0.15) is 0 Å². The van der Waals surface area contributed by atoms with Crippen molar-refractivity contribution in [2.45, 2.75) is 6.92 Å². The molecule has 2 aromatic rings. The molecule has 0 aliphatic carbocycles. The van der Waals surface area contributed by atoms with E-state index < -0.39 is 17.1 Å². The summed E-state index contributed by atoms with van der Waals surface area (Å²) in [4.78, 5) is 38.3. The molecule has 0 aromatic heterocycles. The molecule has 0 radical (unpaired) electrons. The minimum absolute atomic E-state index is 0.261. The van der Waals surface area contributed by atoms with Gasteiger partial charge >= 0.3 is 0 Å². The first-order valence-corrected chi connectivity index (χ1v) is 9.74. The summed E-state index contributed by atoms with van der Waals surface area (Å²) in [6.45, 7) is 2.08. The minimum atomic E-state index is -0.496. The van der Waals surface area contributed by atoms with Crippen LogP contribution in [-0.4, -0.2) is 42.2 Å². The Balaban J connectivity index is 1.64. The standard InChI is InChI=1S/C21H20N2O5S/c1-3-28-16-9-7-15(8-10-16)22-19(24)13-23-20(25)18(29-21(23)26)12-14-5-4-6-17(11-14)27-2/h4-12H,3,13H2,1-2H3,(H,22,24)/b18-12+. The number of anilines is 1. The van der Waals surface area contributed by atoms with E-state index in [4.69, 9.17) is 9.47 Å². The van der Waals surface area contributed by atoms with Gasteiger partial charge in [-0.15, -0.1) is 0 Å². The molecule has 0 saturated carbocycles. The number of benzene rings is 2. The van der Waals surface area contributed by atoms with Crippen LogP contribution in [-0.2, 0) is 9.59 Å². The number of hydrogen-bond acceptors (Lipinski definition) is 6. The Kier molecular flexibility index (Phi) is 6.56. The first kappa shape index (κ1) is 20.5. The van der Waals surface area contributed by atoms with E-state index in [0.717, 1.165) is 22.2 Å². The quantitative estimate of drug-likeness (QED) is 0.697. The highest BCUT2D eigenvalue weighted by Gasteiger charge is 2.36. The van der Waals surface area contributed by atoms with Crippen LogP contribution in [0.4, 0.5) is 10.5 Å². The van der Waals surface area contributed by atoms with Crippen molar-refractivity contribution in [1.29, 1.82) is 0 Å². The molecule has 2 aromatic carbocycles. The van der Waals surface area contributed by atoms with Gasteiger partial charge in [-0.05, 0) is 66.7 Å². The first-order valence-electron chi connectivity index (χ1n) is 8.92. The molecule has 0 spiro atoms. The van der Waals surface area contributed by atoms with Gasteiger partial charge in [0.15, 0.2) is 0 Å². The monoisotopic (exact) mass is 412 g/mol. The van der Waals surface area contributed by atoms with Crippen molar-refractivity contribution in [3.05, 3.63) is 59.0 Å². The molecule has 0 unspecified atom stereocenters. The summed E-state index contributed by atoms with van der Waals surface area (Å²) in [5.41, 5.74) is 1.28. The predicted octanol–water partition coefficient (Wildman–Crippen LogP) is 3.77. The number of carbonyl (C=O) groups is 3. The molecule has 29 heavy (non-hydrogen) atoms. The van der Waals surface area contributed by atoms with Gasteiger partial charge in [-0.25, -0.2) is 0 Å². The van der Waals surface area contributed by atoms with E-state index in [1.807, 2.05) is 6.92 Å². The van der Waals surface area contributed by atoms with Gasteiger partial charge in [-0.3, -0.25) is 19.3 Å². The highest BCUT2D eigenvalue weighted by atomic mass is 32.2. The zero-order valence-corrected chi connectivity index (χ0v) is 16.8. The van der Waals surface area contributed by atoms with Crippen molar-refractivity contribution in [2.75, 3.05) is 25.6 Å². The Morgan fingerprint density at radius 3 is 2.59 bits per heavy atom. The summed E-state index contributed by atoms with van der Waals surface area (Å²) < 4.78 is 10.5. The van der Waals surface area contributed by atoms with Gasteiger partial charge in [0.05, 0.1) is 18.6 Å². The number of imide groups is 1. The number of thioether (sulfide) groups is 1. The lowest BCUT2D eigenvalue weighted by Gasteiger charge is -2.12. The molecule has 7 nitrogen and oxygen atoms in total. The molecule has 1 saturated heterocycles. The Labute approximate surface area is 172 Å². The second kappa shape index (κ2) is 9.29. The van der Waals surface area contributed by atoms with E-state index in [1.165, 1.54) is 0 Å². The molecule has 1 aliphatic heterocycles. The summed E-state index contributed by atoms with van der Waals surface area (Å²) in [5, 5.41) is 2.19. The van der Waals surface area contributed by atoms with Crippen LogP contribution in [0.15, 0.2) is 53.4 Å². The smallest absolute Gasteiger partial charge is 0.294 e. The van der Waals surface area contributed by atoms with Crippen molar-refractivity contribution in [2.24, 2.45) is 0 Å².